The van der Waals surface area contributed by atoms with E-state index in [9.17, 15) is 9.59 Å². The van der Waals surface area contributed by atoms with Crippen LogP contribution in [0.3, 0.4) is 0 Å². The fourth-order valence-electron chi connectivity index (χ4n) is 3.27. The summed E-state index contributed by atoms with van der Waals surface area (Å²) < 4.78 is 4.92. The van der Waals surface area contributed by atoms with E-state index in [1.165, 1.54) is 46.4 Å². The van der Waals surface area contributed by atoms with Crippen LogP contribution in [0.2, 0.25) is 0 Å². The Bertz CT molecular complexity index is 1050. The number of hydrogen-bond donors (Lipinski definition) is 1. The van der Waals surface area contributed by atoms with Gasteiger partial charge in [-0.2, -0.15) is 0 Å². The highest BCUT2D eigenvalue weighted by atomic mass is 32.2. The second-order valence-corrected chi connectivity index (χ2v) is 9.44. The van der Waals surface area contributed by atoms with Crippen molar-refractivity contribution in [2.24, 2.45) is 0 Å². The van der Waals surface area contributed by atoms with Gasteiger partial charge in [-0.05, 0) is 38.2 Å². The predicted octanol–water partition coefficient (Wildman–Crippen LogP) is 3.86. The van der Waals surface area contributed by atoms with Crippen LogP contribution in [0.1, 0.15) is 35.9 Å². The normalized spacial score (nSPS) is 13.3. The van der Waals surface area contributed by atoms with Gasteiger partial charge in [-0.1, -0.05) is 11.8 Å². The van der Waals surface area contributed by atoms with Gasteiger partial charge in [-0.3, -0.25) is 9.59 Å². The van der Waals surface area contributed by atoms with Crippen molar-refractivity contribution in [3.8, 4) is 0 Å². The van der Waals surface area contributed by atoms with E-state index in [0.717, 1.165) is 28.1 Å². The van der Waals surface area contributed by atoms with Gasteiger partial charge in [0.05, 0.1) is 24.5 Å². The molecule has 0 fully saturated rings. The quantitative estimate of drug-likeness (QED) is 0.333. The van der Waals surface area contributed by atoms with E-state index < -0.39 is 0 Å². The molecule has 1 aliphatic carbocycles. The Labute approximate surface area is 180 Å². The molecule has 0 spiro atoms. The number of anilines is 1. The third kappa shape index (κ3) is 4.76. The molecule has 3 aromatic rings. The van der Waals surface area contributed by atoms with Crippen molar-refractivity contribution < 1.29 is 14.3 Å². The van der Waals surface area contributed by atoms with Crippen LogP contribution in [0.4, 0.5) is 5.13 Å². The average Bonchev–Trinajstić information content (AvgIpc) is 3.30. The number of amides is 1. The molecule has 3 aromatic heterocycles. The molecule has 0 bridgehead atoms. The lowest BCUT2D eigenvalue weighted by Gasteiger charge is -2.11. The van der Waals surface area contributed by atoms with Crippen LogP contribution in [0.15, 0.2) is 16.7 Å². The number of ether oxygens (including phenoxy) is 1. The molecule has 10 heteroatoms. The van der Waals surface area contributed by atoms with E-state index in [1.54, 1.807) is 30.0 Å². The third-order valence-corrected chi connectivity index (χ3v) is 7.48. The summed E-state index contributed by atoms with van der Waals surface area (Å²) in [4.78, 5) is 39.5. The lowest BCUT2D eigenvalue weighted by molar-refractivity contribution is -0.142. The number of carbonyl (C=O) groups is 2. The van der Waals surface area contributed by atoms with Crippen molar-refractivity contribution in [3.63, 3.8) is 0 Å². The van der Waals surface area contributed by atoms with Gasteiger partial charge in [0.25, 0.3) is 0 Å². The molecule has 152 valence electrons. The molecule has 7 nitrogen and oxygen atoms in total. The van der Waals surface area contributed by atoms with Crippen LogP contribution in [0.5, 0.6) is 0 Å². The van der Waals surface area contributed by atoms with Crippen molar-refractivity contribution >= 4 is 61.7 Å². The molecular weight excluding hydrogens is 428 g/mol. The molecule has 0 saturated carbocycles. The van der Waals surface area contributed by atoms with E-state index in [0.29, 0.717) is 17.4 Å². The number of fused-ring (bicyclic) bond motifs is 3. The largest absolute Gasteiger partial charge is 0.466 e. The molecule has 0 aliphatic heterocycles. The Kier molecular flexibility index (Phi) is 6.41. The minimum Gasteiger partial charge on any atom is -0.466 e. The maximum absolute atomic E-state index is 12.4. The molecule has 4 rings (SSSR count). The van der Waals surface area contributed by atoms with Crippen LogP contribution in [-0.2, 0) is 33.6 Å². The van der Waals surface area contributed by atoms with Crippen LogP contribution in [0, 0.1) is 0 Å². The zero-order chi connectivity index (χ0) is 20.2. The van der Waals surface area contributed by atoms with Crippen LogP contribution < -0.4 is 5.32 Å². The summed E-state index contributed by atoms with van der Waals surface area (Å²) in [6.45, 7) is 2.10. The second kappa shape index (κ2) is 9.19. The Morgan fingerprint density at radius 3 is 3.00 bits per heavy atom. The van der Waals surface area contributed by atoms with Gasteiger partial charge < -0.3 is 10.1 Å². The summed E-state index contributed by atoms with van der Waals surface area (Å²) in [7, 11) is 0. The minimum absolute atomic E-state index is 0.108. The predicted molar refractivity (Wildman–Crippen MR) is 116 cm³/mol. The van der Waals surface area contributed by atoms with E-state index in [2.05, 4.69) is 20.3 Å². The second-order valence-electron chi connectivity index (χ2n) is 6.53. The number of nitrogens with zero attached hydrogens (tertiary/aromatic N) is 3. The number of hydrogen-bond acceptors (Lipinski definition) is 9. The number of thiazole rings is 1. The van der Waals surface area contributed by atoms with Gasteiger partial charge in [0, 0.05) is 15.6 Å². The lowest BCUT2D eigenvalue weighted by Crippen LogP contribution is -2.14. The number of aryl methyl sites for hydroxylation is 2. The Hall–Kier alpha value is -2.04. The minimum atomic E-state index is -0.321. The molecule has 29 heavy (non-hydrogen) atoms. The standard InChI is InChI=1S/C19H20N4O3S3/c1-2-26-15(25)7-11-8-28-19(22-11)23-14(24)9-27-17-16-12-5-3-4-6-13(12)29-18(16)21-10-20-17/h8,10H,2-7,9H2,1H3,(H,22,23,24). The molecule has 0 saturated heterocycles. The summed E-state index contributed by atoms with van der Waals surface area (Å²) in [5.41, 5.74) is 1.96. The SMILES string of the molecule is CCOC(=O)Cc1csc(NC(=O)CSc2ncnc3sc4c(c23)CCCC4)n1. The van der Waals surface area contributed by atoms with E-state index in [4.69, 9.17) is 4.74 Å². The number of nitrogens with one attached hydrogen (secondary N) is 1. The summed E-state index contributed by atoms with van der Waals surface area (Å²) >= 11 is 4.47. The average molecular weight is 449 g/mol. The number of rotatable bonds is 7. The monoisotopic (exact) mass is 448 g/mol. The van der Waals surface area contributed by atoms with Crippen molar-refractivity contribution in [1.82, 2.24) is 15.0 Å². The van der Waals surface area contributed by atoms with Gasteiger partial charge >= 0.3 is 5.97 Å². The molecule has 0 aromatic carbocycles. The number of carbonyl (C=O) groups excluding carboxylic acids is 2. The van der Waals surface area contributed by atoms with Gasteiger partial charge in [0.1, 0.15) is 16.2 Å². The topological polar surface area (TPSA) is 94.1 Å². The summed E-state index contributed by atoms with van der Waals surface area (Å²) in [6, 6.07) is 0. The van der Waals surface area contributed by atoms with Crippen molar-refractivity contribution in [2.45, 2.75) is 44.1 Å². The Balaban J connectivity index is 1.39. The Morgan fingerprint density at radius 1 is 1.28 bits per heavy atom. The van der Waals surface area contributed by atoms with Crippen molar-refractivity contribution in [3.05, 3.63) is 27.8 Å². The van der Waals surface area contributed by atoms with E-state index >= 15 is 0 Å². The molecule has 0 unspecified atom stereocenters. The zero-order valence-electron chi connectivity index (χ0n) is 15.9. The molecule has 1 amide bonds. The highest BCUT2D eigenvalue weighted by Crippen LogP contribution is 2.39. The number of esters is 1. The van der Waals surface area contributed by atoms with Crippen molar-refractivity contribution in [1.29, 1.82) is 0 Å². The van der Waals surface area contributed by atoms with Gasteiger partial charge in [-0.25, -0.2) is 15.0 Å². The van der Waals surface area contributed by atoms with E-state index in [1.807, 2.05) is 0 Å². The molecule has 0 radical (unpaired) electrons. The molecule has 1 N–H and O–H groups in total. The molecule has 0 atom stereocenters. The van der Waals surface area contributed by atoms with Crippen LogP contribution in [0.25, 0.3) is 10.2 Å². The van der Waals surface area contributed by atoms with Gasteiger partial charge in [-0.15, -0.1) is 22.7 Å². The van der Waals surface area contributed by atoms with Crippen molar-refractivity contribution in [2.75, 3.05) is 17.7 Å². The number of aromatic nitrogens is 3. The van der Waals surface area contributed by atoms with Crippen LogP contribution in [-0.4, -0.2) is 39.2 Å². The first kappa shape index (κ1) is 20.2. The Morgan fingerprint density at radius 2 is 2.14 bits per heavy atom. The zero-order valence-corrected chi connectivity index (χ0v) is 18.3. The van der Waals surface area contributed by atoms with Gasteiger partial charge in [0.2, 0.25) is 5.91 Å². The maximum Gasteiger partial charge on any atom is 0.311 e. The maximum atomic E-state index is 12.4. The fourth-order valence-corrected chi connectivity index (χ4v) is 6.11. The number of thioether (sulfide) groups is 1. The highest BCUT2D eigenvalue weighted by molar-refractivity contribution is 8.00. The summed E-state index contributed by atoms with van der Waals surface area (Å²) in [6.07, 6.45) is 6.27. The fraction of sp³-hybridized carbons (Fsp3) is 0.421. The van der Waals surface area contributed by atoms with E-state index in [-0.39, 0.29) is 24.1 Å². The first-order chi connectivity index (χ1) is 14.1. The van der Waals surface area contributed by atoms with Gasteiger partial charge in [0.15, 0.2) is 5.13 Å². The smallest absolute Gasteiger partial charge is 0.311 e. The first-order valence-corrected chi connectivity index (χ1v) is 12.1. The number of thiophene rings is 1. The molecule has 1 aliphatic rings. The summed E-state index contributed by atoms with van der Waals surface area (Å²) in [5.74, 6) is -0.232. The first-order valence-electron chi connectivity index (χ1n) is 9.42. The lowest BCUT2D eigenvalue weighted by atomic mass is 9.97. The molecular formula is C19H20N4O3S3. The van der Waals surface area contributed by atoms with Crippen LogP contribution >= 0.6 is 34.4 Å². The third-order valence-electron chi connectivity index (χ3n) is 4.49. The highest BCUT2D eigenvalue weighted by Gasteiger charge is 2.20. The molecule has 3 heterocycles. The summed E-state index contributed by atoms with van der Waals surface area (Å²) in [5, 5.41) is 7.02.